The number of nitrogens with one attached hydrogen (secondary N) is 1. The van der Waals surface area contributed by atoms with Crippen LogP contribution in [0.3, 0.4) is 0 Å². The van der Waals surface area contributed by atoms with E-state index in [2.05, 4.69) is 29.2 Å². The van der Waals surface area contributed by atoms with E-state index in [4.69, 9.17) is 5.73 Å². The normalized spacial score (nSPS) is 26.2. The highest BCUT2D eigenvalue weighted by Crippen LogP contribution is 2.49. The highest BCUT2D eigenvalue weighted by molar-refractivity contribution is 5.90. The van der Waals surface area contributed by atoms with Crippen LogP contribution >= 0.6 is 0 Å². The van der Waals surface area contributed by atoms with E-state index in [1.807, 2.05) is 0 Å². The molecule has 1 aromatic heterocycles. The average Bonchev–Trinajstić information content (AvgIpc) is 2.27. The number of aromatic nitrogens is 1. The summed E-state index contributed by atoms with van der Waals surface area (Å²) in [6, 6.07) is 8.36. The molecule has 5 rings (SSSR count). The molecule has 1 aromatic carbocycles. The van der Waals surface area contributed by atoms with Gasteiger partial charge in [0.2, 0.25) is 5.52 Å². The molecule has 0 radical (unpaired) electrons. The Balaban J connectivity index is 2.08. The minimum Gasteiger partial charge on any atom is -0.398 e. The molecular formula is C14H15N2+. The van der Waals surface area contributed by atoms with Gasteiger partial charge in [0.1, 0.15) is 0 Å². The summed E-state index contributed by atoms with van der Waals surface area (Å²) in [5, 5.41) is 1.18. The molecule has 80 valence electrons. The number of benzene rings is 1. The van der Waals surface area contributed by atoms with Crippen LogP contribution in [0.2, 0.25) is 0 Å². The number of hydrogen-bond donors (Lipinski definition) is 1. The lowest BCUT2D eigenvalue weighted by molar-refractivity contribution is -0.366. The second-order valence-electron chi connectivity index (χ2n) is 5.21. The fourth-order valence-electron chi connectivity index (χ4n) is 3.35. The van der Waals surface area contributed by atoms with Gasteiger partial charge in [0, 0.05) is 17.5 Å². The zero-order valence-corrected chi connectivity index (χ0v) is 9.16. The number of nitrogens with two attached hydrogens (primary N) is 1. The number of para-hydroxylation sites is 1. The molecule has 3 aliphatic carbocycles. The van der Waals surface area contributed by atoms with Gasteiger partial charge >= 0.3 is 0 Å². The fourth-order valence-corrected chi connectivity index (χ4v) is 3.35. The molecule has 16 heavy (non-hydrogen) atoms. The quantitative estimate of drug-likeness (QED) is 0.713. The SMILES string of the molecule is Nc1c2c([nH+]c3ccccc13)C1CC(C2)C1. The summed E-state index contributed by atoms with van der Waals surface area (Å²) in [5.41, 5.74) is 11.3. The highest BCUT2D eigenvalue weighted by Gasteiger charge is 2.42. The summed E-state index contributed by atoms with van der Waals surface area (Å²) < 4.78 is 0. The number of hydrogen-bond acceptors (Lipinski definition) is 1. The molecule has 0 saturated heterocycles. The molecule has 3 N–H and O–H groups in total. The van der Waals surface area contributed by atoms with Crippen molar-refractivity contribution in [3.05, 3.63) is 35.5 Å². The molecule has 2 nitrogen and oxygen atoms in total. The number of nitrogen functional groups attached to an aromatic ring is 1. The summed E-state index contributed by atoms with van der Waals surface area (Å²) >= 11 is 0. The van der Waals surface area contributed by atoms with Gasteiger partial charge in [0.25, 0.3) is 0 Å². The summed E-state index contributed by atoms with van der Waals surface area (Å²) in [5.74, 6) is 1.65. The van der Waals surface area contributed by atoms with E-state index in [1.165, 1.54) is 41.4 Å². The molecule has 1 heterocycles. The third kappa shape index (κ3) is 0.946. The lowest BCUT2D eigenvalue weighted by atomic mass is 9.64. The second kappa shape index (κ2) is 2.76. The van der Waals surface area contributed by atoms with E-state index < -0.39 is 0 Å². The molecule has 0 unspecified atom stereocenters. The molecule has 2 heteroatoms. The standard InChI is InChI=1S/C14H14N2/c15-13-10-3-1-2-4-12(10)16-14-9-5-8(6-9)7-11(13)14/h1-4,8-9H,5-7H2,(H2,15,16)/p+1. The average molecular weight is 211 g/mol. The molecule has 2 bridgehead atoms. The summed E-state index contributed by atoms with van der Waals surface area (Å²) in [6.07, 6.45) is 3.90. The Kier molecular flexibility index (Phi) is 1.48. The molecule has 0 aliphatic heterocycles. The van der Waals surface area contributed by atoms with E-state index in [9.17, 15) is 0 Å². The molecular weight excluding hydrogens is 196 g/mol. The van der Waals surface area contributed by atoms with Crippen LogP contribution in [0.5, 0.6) is 0 Å². The van der Waals surface area contributed by atoms with Gasteiger partial charge in [-0.1, -0.05) is 12.1 Å². The first-order valence-corrected chi connectivity index (χ1v) is 6.05. The summed E-state index contributed by atoms with van der Waals surface area (Å²) in [6.45, 7) is 0. The topological polar surface area (TPSA) is 40.2 Å². The maximum absolute atomic E-state index is 6.30. The van der Waals surface area contributed by atoms with Crippen molar-refractivity contribution < 1.29 is 4.98 Å². The number of anilines is 1. The zero-order chi connectivity index (χ0) is 10.7. The van der Waals surface area contributed by atoms with Gasteiger partial charge < -0.3 is 5.73 Å². The van der Waals surface area contributed by atoms with Crippen LogP contribution in [0.1, 0.15) is 30.0 Å². The Hall–Kier alpha value is -1.57. The smallest absolute Gasteiger partial charge is 0.213 e. The predicted octanol–water partition coefficient (Wildman–Crippen LogP) is 2.29. The monoisotopic (exact) mass is 211 g/mol. The zero-order valence-electron chi connectivity index (χ0n) is 9.16. The number of pyridine rings is 1. The molecule has 0 atom stereocenters. The lowest BCUT2D eigenvalue weighted by Crippen LogP contribution is -2.36. The Morgan fingerprint density at radius 2 is 2.00 bits per heavy atom. The molecule has 2 aromatic rings. The Morgan fingerprint density at radius 1 is 1.19 bits per heavy atom. The maximum Gasteiger partial charge on any atom is 0.213 e. The van der Waals surface area contributed by atoms with Crippen LogP contribution in [-0.2, 0) is 6.42 Å². The highest BCUT2D eigenvalue weighted by atomic mass is 14.8. The van der Waals surface area contributed by atoms with E-state index in [1.54, 1.807) is 0 Å². The van der Waals surface area contributed by atoms with Crippen molar-refractivity contribution in [3.63, 3.8) is 0 Å². The maximum atomic E-state index is 6.30. The largest absolute Gasteiger partial charge is 0.398 e. The van der Waals surface area contributed by atoms with Gasteiger partial charge in [-0.3, -0.25) is 0 Å². The minimum atomic E-state index is 0.751. The van der Waals surface area contributed by atoms with Gasteiger partial charge in [-0.05, 0) is 31.2 Å². The van der Waals surface area contributed by atoms with E-state index in [0.29, 0.717) is 0 Å². The van der Waals surface area contributed by atoms with Crippen LogP contribution in [0.4, 0.5) is 5.69 Å². The summed E-state index contributed by atoms with van der Waals surface area (Å²) in [4.78, 5) is 3.60. The summed E-state index contributed by atoms with van der Waals surface area (Å²) in [7, 11) is 0. The van der Waals surface area contributed by atoms with Crippen molar-refractivity contribution >= 4 is 16.6 Å². The van der Waals surface area contributed by atoms with Crippen molar-refractivity contribution in [2.45, 2.75) is 25.2 Å². The van der Waals surface area contributed by atoms with Gasteiger partial charge in [-0.25, -0.2) is 4.98 Å². The van der Waals surface area contributed by atoms with Crippen LogP contribution in [-0.4, -0.2) is 0 Å². The van der Waals surface area contributed by atoms with E-state index >= 15 is 0 Å². The molecule has 0 spiro atoms. The first-order valence-electron chi connectivity index (χ1n) is 6.05. The molecule has 1 saturated carbocycles. The van der Waals surface area contributed by atoms with Gasteiger partial charge in [-0.15, -0.1) is 0 Å². The first-order chi connectivity index (χ1) is 7.83. The van der Waals surface area contributed by atoms with Gasteiger partial charge in [0.05, 0.1) is 11.1 Å². The van der Waals surface area contributed by atoms with Crippen LogP contribution in [0.25, 0.3) is 10.9 Å². The van der Waals surface area contributed by atoms with Crippen molar-refractivity contribution in [2.24, 2.45) is 5.92 Å². The van der Waals surface area contributed by atoms with Crippen molar-refractivity contribution in [3.8, 4) is 0 Å². The van der Waals surface area contributed by atoms with Gasteiger partial charge in [0.15, 0.2) is 5.69 Å². The molecule has 0 amide bonds. The van der Waals surface area contributed by atoms with Crippen LogP contribution < -0.4 is 10.7 Å². The van der Waals surface area contributed by atoms with Crippen LogP contribution in [0, 0.1) is 5.92 Å². The Morgan fingerprint density at radius 3 is 2.88 bits per heavy atom. The Labute approximate surface area is 94.5 Å². The van der Waals surface area contributed by atoms with Gasteiger partial charge in [-0.2, -0.15) is 0 Å². The lowest BCUT2D eigenvalue weighted by Gasteiger charge is -2.39. The number of aromatic amines is 1. The minimum absolute atomic E-state index is 0.751. The van der Waals surface area contributed by atoms with E-state index in [0.717, 1.165) is 17.5 Å². The molecule has 1 fully saturated rings. The molecule has 3 aliphatic rings. The van der Waals surface area contributed by atoms with Crippen molar-refractivity contribution in [1.82, 2.24) is 0 Å². The Bertz CT molecular complexity index is 583. The van der Waals surface area contributed by atoms with E-state index in [-0.39, 0.29) is 0 Å². The second-order valence-corrected chi connectivity index (χ2v) is 5.21. The van der Waals surface area contributed by atoms with Crippen LogP contribution in [0.15, 0.2) is 24.3 Å². The number of fused-ring (bicyclic) bond motifs is 1. The van der Waals surface area contributed by atoms with Crippen molar-refractivity contribution in [2.75, 3.05) is 5.73 Å². The van der Waals surface area contributed by atoms with Crippen molar-refractivity contribution in [1.29, 1.82) is 0 Å². The third-order valence-electron chi connectivity index (χ3n) is 4.27. The first kappa shape index (κ1) is 8.57. The third-order valence-corrected chi connectivity index (χ3v) is 4.27. The number of H-pyrrole nitrogens is 1. The fraction of sp³-hybridized carbons (Fsp3) is 0.357. The number of rotatable bonds is 0. The predicted molar refractivity (Wildman–Crippen MR) is 64.1 cm³/mol.